The third-order valence-electron chi connectivity index (χ3n) is 1.70. The Kier molecular flexibility index (Phi) is 9.58. The zero-order valence-corrected chi connectivity index (χ0v) is 12.3. The van der Waals surface area contributed by atoms with E-state index in [0.717, 1.165) is 0 Å². The predicted molar refractivity (Wildman–Crippen MR) is 80.2 cm³/mol. The van der Waals surface area contributed by atoms with Crippen LogP contribution in [0.4, 0.5) is 0 Å². The summed E-state index contributed by atoms with van der Waals surface area (Å²) in [6.07, 6.45) is 0. The normalized spacial score (nSPS) is 9.50. The number of hydrogen-bond donors (Lipinski definition) is 0. The summed E-state index contributed by atoms with van der Waals surface area (Å²) in [6, 6.07) is 10.5. The predicted octanol–water partition coefficient (Wildman–Crippen LogP) is 5.39. The van der Waals surface area contributed by atoms with Crippen molar-refractivity contribution in [3.05, 3.63) is 35.7 Å². The van der Waals surface area contributed by atoms with Crippen LogP contribution in [0.5, 0.6) is 0 Å². The Morgan fingerprint density at radius 3 is 2.19 bits per heavy atom. The molecule has 0 saturated heterocycles. The van der Waals surface area contributed by atoms with Crippen molar-refractivity contribution in [1.29, 1.82) is 0 Å². The van der Waals surface area contributed by atoms with Gasteiger partial charge in [-0.25, -0.2) is 0 Å². The zero-order valence-electron chi connectivity index (χ0n) is 8.41. The fraction of sp³-hybridized carbons (Fsp3) is 0.273. The highest BCUT2D eigenvalue weighted by molar-refractivity contribution is 7.17. The summed E-state index contributed by atoms with van der Waals surface area (Å²) >= 11 is 17.6. The molecule has 0 amide bonds. The van der Waals surface area contributed by atoms with Crippen molar-refractivity contribution in [3.8, 4) is 0 Å². The minimum absolute atomic E-state index is 0. The largest absolute Gasteiger partial charge is 0.147 e. The van der Waals surface area contributed by atoms with Crippen LogP contribution in [0.3, 0.4) is 0 Å². The lowest BCUT2D eigenvalue weighted by atomic mass is 10.3. The van der Waals surface area contributed by atoms with Crippen LogP contribution >= 0.6 is 58.5 Å². The standard InChI is InChI=1S/C8H6S.C3H5Cl3.ClH/c1-2-4-8-7(3-1)5-6-9-8;4-1-3(6)2-5;/h1-6H;3H,1-2H2;1H. The van der Waals surface area contributed by atoms with Gasteiger partial charge < -0.3 is 0 Å². The molecule has 2 aromatic rings. The number of hydrogen-bond acceptors (Lipinski definition) is 1. The van der Waals surface area contributed by atoms with E-state index in [1.165, 1.54) is 10.1 Å². The Labute approximate surface area is 121 Å². The number of benzene rings is 1. The van der Waals surface area contributed by atoms with E-state index in [-0.39, 0.29) is 17.8 Å². The molecule has 5 heteroatoms. The van der Waals surface area contributed by atoms with E-state index in [1.807, 2.05) is 0 Å². The van der Waals surface area contributed by atoms with Crippen LogP contribution in [0.25, 0.3) is 10.1 Å². The average molecular weight is 318 g/mol. The summed E-state index contributed by atoms with van der Waals surface area (Å²) in [5.41, 5.74) is 0. The number of halogens is 4. The van der Waals surface area contributed by atoms with Crippen molar-refractivity contribution < 1.29 is 0 Å². The molecule has 1 aromatic heterocycles. The van der Waals surface area contributed by atoms with Gasteiger partial charge in [0.1, 0.15) is 0 Å². The lowest BCUT2D eigenvalue weighted by Crippen LogP contribution is -1.99. The summed E-state index contributed by atoms with van der Waals surface area (Å²) in [5, 5.41) is 3.40. The third-order valence-corrected chi connectivity index (χ3v) is 3.96. The maximum absolute atomic E-state index is 5.39. The van der Waals surface area contributed by atoms with E-state index in [1.54, 1.807) is 11.3 Å². The molecule has 0 N–H and O–H groups in total. The van der Waals surface area contributed by atoms with Gasteiger partial charge in [-0.15, -0.1) is 58.5 Å². The van der Waals surface area contributed by atoms with Crippen LogP contribution in [0, 0.1) is 0 Å². The van der Waals surface area contributed by atoms with Crippen LogP contribution in [-0.2, 0) is 0 Å². The van der Waals surface area contributed by atoms with Gasteiger partial charge in [0, 0.05) is 16.5 Å². The first-order valence-electron chi connectivity index (χ1n) is 4.46. The molecular formula is C11H12Cl4S. The minimum atomic E-state index is -0.0617. The molecule has 1 heterocycles. The van der Waals surface area contributed by atoms with Gasteiger partial charge in [0.05, 0.1) is 5.38 Å². The zero-order chi connectivity index (χ0) is 11.1. The lowest BCUT2D eigenvalue weighted by molar-refractivity contribution is 1.12. The van der Waals surface area contributed by atoms with Crippen LogP contribution in [0.2, 0.25) is 0 Å². The van der Waals surface area contributed by atoms with E-state index < -0.39 is 0 Å². The Balaban J connectivity index is 0.000000289. The first-order valence-corrected chi connectivity index (χ1v) is 6.84. The molecule has 0 radical (unpaired) electrons. The molecule has 1 aromatic carbocycles. The van der Waals surface area contributed by atoms with E-state index >= 15 is 0 Å². The second-order valence-corrected chi connectivity index (χ2v) is 5.05. The Hall–Kier alpha value is 0.340. The molecule has 0 spiro atoms. The van der Waals surface area contributed by atoms with Crippen molar-refractivity contribution in [3.63, 3.8) is 0 Å². The molecule has 0 aliphatic heterocycles. The first kappa shape index (κ1) is 16.3. The number of rotatable bonds is 2. The monoisotopic (exact) mass is 316 g/mol. The highest BCUT2D eigenvalue weighted by Gasteiger charge is 1.95. The fourth-order valence-corrected chi connectivity index (χ4v) is 2.07. The minimum Gasteiger partial charge on any atom is -0.147 e. The number of fused-ring (bicyclic) bond motifs is 1. The molecule has 0 atom stereocenters. The summed E-state index contributed by atoms with van der Waals surface area (Å²) in [4.78, 5) is 0. The smallest absolute Gasteiger partial charge is 0.0606 e. The van der Waals surface area contributed by atoms with Crippen LogP contribution in [0.1, 0.15) is 0 Å². The quantitative estimate of drug-likeness (QED) is 0.651. The van der Waals surface area contributed by atoms with Crippen LogP contribution < -0.4 is 0 Å². The van der Waals surface area contributed by atoms with Gasteiger partial charge in [-0.3, -0.25) is 0 Å². The molecule has 0 fully saturated rings. The SMILES string of the molecule is Cl.ClCC(Cl)CCl.c1ccc2sccc2c1. The van der Waals surface area contributed by atoms with Crippen LogP contribution in [-0.4, -0.2) is 17.1 Å². The molecular weight excluding hydrogens is 306 g/mol. The van der Waals surface area contributed by atoms with Gasteiger partial charge >= 0.3 is 0 Å². The van der Waals surface area contributed by atoms with E-state index in [9.17, 15) is 0 Å². The average Bonchev–Trinajstić information content (AvgIpc) is 2.76. The number of alkyl halides is 3. The fourth-order valence-electron chi connectivity index (χ4n) is 0.947. The van der Waals surface area contributed by atoms with Crippen molar-refractivity contribution in [1.82, 2.24) is 0 Å². The molecule has 0 bridgehead atoms. The summed E-state index contributed by atoms with van der Waals surface area (Å²) in [5.74, 6) is 0.871. The van der Waals surface area contributed by atoms with Crippen molar-refractivity contribution in [2.45, 2.75) is 5.38 Å². The molecule has 90 valence electrons. The highest BCUT2D eigenvalue weighted by Crippen LogP contribution is 2.18. The lowest BCUT2D eigenvalue weighted by Gasteiger charge is -1.92. The van der Waals surface area contributed by atoms with E-state index in [4.69, 9.17) is 34.8 Å². The van der Waals surface area contributed by atoms with E-state index in [2.05, 4.69) is 35.7 Å². The second kappa shape index (κ2) is 9.38. The van der Waals surface area contributed by atoms with Gasteiger partial charge in [0.2, 0.25) is 0 Å². The topological polar surface area (TPSA) is 0 Å². The molecule has 2 rings (SSSR count). The number of thiophene rings is 1. The Bertz CT molecular complexity index is 354. The van der Waals surface area contributed by atoms with Gasteiger partial charge in [0.15, 0.2) is 0 Å². The molecule has 16 heavy (non-hydrogen) atoms. The summed E-state index contributed by atoms with van der Waals surface area (Å²) < 4.78 is 1.37. The highest BCUT2D eigenvalue weighted by atomic mass is 35.5. The summed E-state index contributed by atoms with van der Waals surface area (Å²) in [7, 11) is 0. The maximum atomic E-state index is 5.39. The Morgan fingerprint density at radius 2 is 1.69 bits per heavy atom. The molecule has 0 aliphatic rings. The first-order chi connectivity index (χ1) is 7.27. The molecule has 0 nitrogen and oxygen atoms in total. The van der Waals surface area contributed by atoms with Gasteiger partial charge in [-0.05, 0) is 22.9 Å². The second-order valence-electron chi connectivity index (χ2n) is 2.86. The summed E-state index contributed by atoms with van der Waals surface area (Å²) in [6.45, 7) is 0. The molecule has 0 unspecified atom stereocenters. The van der Waals surface area contributed by atoms with Crippen LogP contribution in [0.15, 0.2) is 35.7 Å². The van der Waals surface area contributed by atoms with Crippen molar-refractivity contribution >= 4 is 68.6 Å². The molecule has 0 aliphatic carbocycles. The Morgan fingerprint density at radius 1 is 1.06 bits per heavy atom. The van der Waals surface area contributed by atoms with E-state index in [0.29, 0.717) is 11.8 Å². The van der Waals surface area contributed by atoms with Gasteiger partial charge in [-0.1, -0.05) is 18.2 Å². The van der Waals surface area contributed by atoms with Crippen molar-refractivity contribution in [2.24, 2.45) is 0 Å². The molecule has 0 saturated carbocycles. The van der Waals surface area contributed by atoms with Gasteiger partial charge in [-0.2, -0.15) is 0 Å². The van der Waals surface area contributed by atoms with Gasteiger partial charge in [0.25, 0.3) is 0 Å². The van der Waals surface area contributed by atoms with Crippen molar-refractivity contribution in [2.75, 3.05) is 11.8 Å². The third kappa shape index (κ3) is 5.60. The maximum Gasteiger partial charge on any atom is 0.0606 e.